The summed E-state index contributed by atoms with van der Waals surface area (Å²) in [5.74, 6) is -1.69. The van der Waals surface area contributed by atoms with E-state index in [1.54, 1.807) is 24.3 Å². The van der Waals surface area contributed by atoms with Crippen LogP contribution in [0.1, 0.15) is 40.6 Å². The average molecular weight is 391 g/mol. The highest BCUT2D eigenvalue weighted by atomic mass is 35.5. The van der Waals surface area contributed by atoms with Gasteiger partial charge in [0.2, 0.25) is 0 Å². The second kappa shape index (κ2) is 10.3. The van der Waals surface area contributed by atoms with Crippen molar-refractivity contribution in [1.29, 1.82) is 0 Å². The number of carbonyl (C=O) groups is 3. The summed E-state index contributed by atoms with van der Waals surface area (Å²) in [6.45, 7) is 1.91. The Morgan fingerprint density at radius 2 is 1.81 bits per heavy atom. The zero-order valence-electron chi connectivity index (χ0n) is 14.7. The first kappa shape index (κ1) is 20.4. The molecule has 0 saturated heterocycles. The zero-order chi connectivity index (χ0) is 19.6. The van der Waals surface area contributed by atoms with Crippen LogP contribution >= 0.6 is 11.6 Å². The first-order chi connectivity index (χ1) is 13.0. The molecule has 8 heteroatoms. The van der Waals surface area contributed by atoms with Crippen LogP contribution in [0.5, 0.6) is 0 Å². The molecule has 0 unspecified atom stereocenters. The van der Waals surface area contributed by atoms with Crippen molar-refractivity contribution in [2.45, 2.75) is 19.8 Å². The molecule has 1 aromatic heterocycles. The maximum Gasteiger partial charge on any atom is 0.357 e. The molecule has 0 radical (unpaired) electrons. The number of carbonyl (C=O) groups excluding carboxylic acids is 3. The topological polar surface area (TPSA) is 94.6 Å². The van der Waals surface area contributed by atoms with Crippen LogP contribution in [0.25, 0.3) is 0 Å². The number of esters is 2. The van der Waals surface area contributed by atoms with Crippen molar-refractivity contribution in [3.8, 4) is 0 Å². The average Bonchev–Trinajstić information content (AvgIpc) is 2.67. The van der Waals surface area contributed by atoms with E-state index in [1.165, 1.54) is 18.3 Å². The minimum Gasteiger partial charge on any atom is -0.462 e. The number of nitrogens with zero attached hydrogens (tertiary/aromatic N) is 1. The van der Waals surface area contributed by atoms with Crippen molar-refractivity contribution in [1.82, 2.24) is 4.98 Å². The third-order valence-corrected chi connectivity index (χ3v) is 3.64. The Hall–Kier alpha value is -2.93. The fourth-order valence-electron chi connectivity index (χ4n) is 2.00. The Bertz CT molecular complexity index is 808. The molecule has 0 atom stereocenters. The van der Waals surface area contributed by atoms with E-state index in [0.717, 1.165) is 12.8 Å². The van der Waals surface area contributed by atoms with Crippen molar-refractivity contribution in [3.05, 3.63) is 58.9 Å². The largest absolute Gasteiger partial charge is 0.462 e. The van der Waals surface area contributed by atoms with E-state index in [2.05, 4.69) is 10.3 Å². The Balaban J connectivity index is 1.81. The summed E-state index contributed by atoms with van der Waals surface area (Å²) in [7, 11) is 0. The van der Waals surface area contributed by atoms with Gasteiger partial charge in [0.25, 0.3) is 5.91 Å². The highest BCUT2D eigenvalue weighted by Gasteiger charge is 2.12. The molecule has 7 nitrogen and oxygen atoms in total. The van der Waals surface area contributed by atoms with Gasteiger partial charge in [0.1, 0.15) is 5.69 Å². The van der Waals surface area contributed by atoms with Gasteiger partial charge in [-0.15, -0.1) is 0 Å². The molecule has 27 heavy (non-hydrogen) atoms. The molecular formula is C19H19ClN2O5. The molecule has 0 spiro atoms. The smallest absolute Gasteiger partial charge is 0.357 e. The Morgan fingerprint density at radius 1 is 1.07 bits per heavy atom. The first-order valence-electron chi connectivity index (χ1n) is 8.35. The molecule has 0 saturated carbocycles. The third-order valence-electron chi connectivity index (χ3n) is 3.40. The molecule has 142 valence electrons. The maximum atomic E-state index is 11.9. The quantitative estimate of drug-likeness (QED) is 0.547. The second-order valence-electron chi connectivity index (χ2n) is 5.55. The molecule has 2 rings (SSSR count). The molecule has 0 fully saturated rings. The van der Waals surface area contributed by atoms with Gasteiger partial charge in [-0.25, -0.2) is 14.6 Å². The first-order valence-corrected chi connectivity index (χ1v) is 8.73. The fourth-order valence-corrected chi connectivity index (χ4v) is 2.16. The zero-order valence-corrected chi connectivity index (χ0v) is 15.5. The minimum atomic E-state index is -0.752. The van der Waals surface area contributed by atoms with Gasteiger partial charge in [0, 0.05) is 16.9 Å². The van der Waals surface area contributed by atoms with Gasteiger partial charge in [-0.3, -0.25) is 4.79 Å². The van der Waals surface area contributed by atoms with E-state index in [0.29, 0.717) is 22.9 Å². The number of benzene rings is 1. The number of amides is 1. The Kier molecular flexibility index (Phi) is 7.76. The van der Waals surface area contributed by atoms with Crippen LogP contribution in [0, 0.1) is 0 Å². The Morgan fingerprint density at radius 3 is 2.48 bits per heavy atom. The number of halogens is 1. The van der Waals surface area contributed by atoms with Crippen molar-refractivity contribution >= 4 is 35.1 Å². The van der Waals surface area contributed by atoms with Gasteiger partial charge in [0.15, 0.2) is 6.61 Å². The molecule has 0 aliphatic carbocycles. The van der Waals surface area contributed by atoms with E-state index < -0.39 is 24.5 Å². The van der Waals surface area contributed by atoms with Gasteiger partial charge >= 0.3 is 11.9 Å². The molecule has 1 N–H and O–H groups in total. The highest BCUT2D eigenvalue weighted by Crippen LogP contribution is 2.12. The van der Waals surface area contributed by atoms with Gasteiger partial charge in [-0.1, -0.05) is 24.9 Å². The Labute approximate surface area is 161 Å². The molecule has 2 aromatic rings. The van der Waals surface area contributed by atoms with Crippen molar-refractivity contribution < 1.29 is 23.9 Å². The number of pyridine rings is 1. The normalized spacial score (nSPS) is 10.1. The SMILES string of the molecule is CCCCOC(=O)c1ccc(NC(=O)COC(=O)c2cc(Cl)ccn2)cc1. The van der Waals surface area contributed by atoms with Crippen molar-refractivity contribution in [3.63, 3.8) is 0 Å². The molecular weight excluding hydrogens is 372 g/mol. The van der Waals surface area contributed by atoms with Gasteiger partial charge in [0.05, 0.1) is 12.2 Å². The van der Waals surface area contributed by atoms with E-state index in [9.17, 15) is 14.4 Å². The van der Waals surface area contributed by atoms with Crippen LogP contribution in [0.2, 0.25) is 5.02 Å². The summed E-state index contributed by atoms with van der Waals surface area (Å²) < 4.78 is 9.99. The molecule has 1 amide bonds. The lowest BCUT2D eigenvalue weighted by molar-refractivity contribution is -0.119. The summed E-state index contributed by atoms with van der Waals surface area (Å²) in [4.78, 5) is 39.3. The van der Waals surface area contributed by atoms with Crippen molar-refractivity contribution in [2.75, 3.05) is 18.5 Å². The number of hydrogen-bond donors (Lipinski definition) is 1. The predicted molar refractivity (Wildman–Crippen MR) is 99.8 cm³/mol. The standard InChI is InChI=1S/C19H19ClN2O5/c1-2-3-10-26-18(24)13-4-6-15(7-5-13)22-17(23)12-27-19(25)16-11-14(20)8-9-21-16/h4-9,11H,2-3,10,12H2,1H3,(H,22,23). The highest BCUT2D eigenvalue weighted by molar-refractivity contribution is 6.30. The lowest BCUT2D eigenvalue weighted by atomic mass is 10.2. The predicted octanol–water partition coefficient (Wildman–Crippen LogP) is 3.49. The third kappa shape index (κ3) is 6.71. The molecule has 0 bridgehead atoms. The van der Waals surface area contributed by atoms with E-state index in [4.69, 9.17) is 21.1 Å². The number of aromatic nitrogens is 1. The van der Waals surface area contributed by atoms with Crippen LogP contribution in [-0.2, 0) is 14.3 Å². The second-order valence-corrected chi connectivity index (χ2v) is 5.99. The van der Waals surface area contributed by atoms with Gasteiger partial charge in [-0.2, -0.15) is 0 Å². The molecule has 1 aromatic carbocycles. The molecule has 0 aliphatic rings. The monoisotopic (exact) mass is 390 g/mol. The summed E-state index contributed by atoms with van der Waals surface area (Å²) in [6, 6.07) is 9.09. The summed E-state index contributed by atoms with van der Waals surface area (Å²) in [6.07, 6.45) is 3.12. The lowest BCUT2D eigenvalue weighted by Crippen LogP contribution is -2.21. The number of hydrogen-bond acceptors (Lipinski definition) is 6. The van der Waals surface area contributed by atoms with Crippen LogP contribution in [0.15, 0.2) is 42.6 Å². The number of unbranched alkanes of at least 4 members (excludes halogenated alkanes) is 1. The van der Waals surface area contributed by atoms with E-state index >= 15 is 0 Å². The number of nitrogens with one attached hydrogen (secondary N) is 1. The van der Waals surface area contributed by atoms with Crippen molar-refractivity contribution in [2.24, 2.45) is 0 Å². The summed E-state index contributed by atoms with van der Waals surface area (Å²) in [5, 5.41) is 2.91. The maximum absolute atomic E-state index is 11.9. The van der Waals surface area contributed by atoms with Crippen LogP contribution in [-0.4, -0.2) is 36.0 Å². The van der Waals surface area contributed by atoms with E-state index in [1.807, 2.05) is 6.92 Å². The van der Waals surface area contributed by atoms with E-state index in [-0.39, 0.29) is 5.69 Å². The molecule has 0 aliphatic heterocycles. The number of ether oxygens (including phenoxy) is 2. The van der Waals surface area contributed by atoms with Gasteiger partial charge in [-0.05, 0) is 42.8 Å². The molecule has 1 heterocycles. The number of rotatable bonds is 8. The fraction of sp³-hybridized carbons (Fsp3) is 0.263. The minimum absolute atomic E-state index is 0.0150. The number of anilines is 1. The lowest BCUT2D eigenvalue weighted by Gasteiger charge is -2.08. The van der Waals surface area contributed by atoms with Crippen LogP contribution in [0.4, 0.5) is 5.69 Å². The van der Waals surface area contributed by atoms with Crippen LogP contribution < -0.4 is 5.32 Å². The summed E-state index contributed by atoms with van der Waals surface area (Å²) in [5.41, 5.74) is 0.867. The van der Waals surface area contributed by atoms with Crippen LogP contribution in [0.3, 0.4) is 0 Å². The summed E-state index contributed by atoms with van der Waals surface area (Å²) >= 11 is 5.77. The van der Waals surface area contributed by atoms with Gasteiger partial charge < -0.3 is 14.8 Å².